The molecule has 0 aliphatic carbocycles. The summed E-state index contributed by atoms with van der Waals surface area (Å²) < 4.78 is 5.91. The molecular weight excluding hydrogens is 268 g/mol. The van der Waals surface area contributed by atoms with Crippen molar-refractivity contribution in [2.45, 2.75) is 65.1 Å². The van der Waals surface area contributed by atoms with Crippen molar-refractivity contribution < 1.29 is 9.84 Å². The van der Waals surface area contributed by atoms with Crippen LogP contribution in [0.2, 0.25) is 0 Å². The third-order valence-electron chi connectivity index (χ3n) is 3.17. The number of hydrogen-bond acceptors (Lipinski definition) is 3. The van der Waals surface area contributed by atoms with E-state index in [9.17, 15) is 0 Å². The summed E-state index contributed by atoms with van der Waals surface area (Å²) in [5.41, 5.74) is 1.04. The first-order chi connectivity index (χ1) is 9.77. The van der Waals surface area contributed by atoms with Gasteiger partial charge in [-0.1, -0.05) is 44.4 Å². The van der Waals surface area contributed by atoms with E-state index < -0.39 is 0 Å². The molecule has 0 fully saturated rings. The Morgan fingerprint density at radius 1 is 1.35 bits per heavy atom. The van der Waals surface area contributed by atoms with E-state index in [0.717, 1.165) is 12.0 Å². The number of ether oxygens (including phenoxy) is 1. The fraction of sp³-hybridized carbons (Fsp3) is 0.647. The van der Waals surface area contributed by atoms with Gasteiger partial charge in [-0.2, -0.15) is 0 Å². The van der Waals surface area contributed by atoms with Crippen LogP contribution in [0.4, 0.5) is 0 Å². The van der Waals surface area contributed by atoms with Gasteiger partial charge in [0.15, 0.2) is 0 Å². The molecule has 0 amide bonds. The SMILES string of the molecule is CCCCCCC(C)OCc1sccc1C#CCCO. The van der Waals surface area contributed by atoms with E-state index in [2.05, 4.69) is 25.7 Å². The number of unbranched alkanes of at least 4 members (excludes halogenated alkanes) is 3. The molecule has 2 nitrogen and oxygen atoms in total. The quantitative estimate of drug-likeness (QED) is 0.542. The molecule has 1 aromatic rings. The van der Waals surface area contributed by atoms with Crippen molar-refractivity contribution >= 4 is 11.3 Å². The van der Waals surface area contributed by atoms with Gasteiger partial charge in [-0.3, -0.25) is 0 Å². The van der Waals surface area contributed by atoms with Crippen molar-refractivity contribution in [3.05, 3.63) is 21.9 Å². The fourth-order valence-electron chi connectivity index (χ4n) is 1.94. The standard InChI is InChI=1S/C17H26O2S/c1-3-4-5-6-9-15(2)19-14-17-16(11-13-20-17)10-7-8-12-18/h11,13,15,18H,3-6,8-9,12,14H2,1-2H3. The highest BCUT2D eigenvalue weighted by Crippen LogP contribution is 2.18. The number of aliphatic hydroxyl groups is 1. The Kier molecular flexibility index (Phi) is 9.40. The van der Waals surface area contributed by atoms with Crippen molar-refractivity contribution in [3.8, 4) is 11.8 Å². The lowest BCUT2D eigenvalue weighted by Gasteiger charge is -2.12. The van der Waals surface area contributed by atoms with E-state index >= 15 is 0 Å². The molecule has 0 aromatic carbocycles. The number of hydrogen-bond donors (Lipinski definition) is 1. The molecule has 0 aliphatic rings. The van der Waals surface area contributed by atoms with E-state index in [0.29, 0.717) is 19.1 Å². The zero-order valence-electron chi connectivity index (χ0n) is 12.7. The third-order valence-corrected chi connectivity index (χ3v) is 4.06. The van der Waals surface area contributed by atoms with Gasteiger partial charge in [0.25, 0.3) is 0 Å². The van der Waals surface area contributed by atoms with Gasteiger partial charge in [0.2, 0.25) is 0 Å². The van der Waals surface area contributed by atoms with Crippen molar-refractivity contribution in [1.82, 2.24) is 0 Å². The monoisotopic (exact) mass is 294 g/mol. The van der Waals surface area contributed by atoms with Gasteiger partial charge in [0.05, 0.1) is 19.3 Å². The third kappa shape index (κ3) is 7.09. The van der Waals surface area contributed by atoms with Crippen LogP contribution in [0, 0.1) is 11.8 Å². The molecule has 1 rings (SSSR count). The Hall–Kier alpha value is -0.820. The largest absolute Gasteiger partial charge is 0.395 e. The van der Waals surface area contributed by atoms with Crippen molar-refractivity contribution in [2.75, 3.05) is 6.61 Å². The van der Waals surface area contributed by atoms with Crippen LogP contribution in [-0.2, 0) is 11.3 Å². The summed E-state index contributed by atoms with van der Waals surface area (Å²) in [4.78, 5) is 1.19. The Bertz CT molecular complexity index is 414. The molecule has 0 radical (unpaired) electrons. The van der Waals surface area contributed by atoms with Crippen molar-refractivity contribution in [3.63, 3.8) is 0 Å². The Morgan fingerprint density at radius 3 is 2.95 bits per heavy atom. The van der Waals surface area contributed by atoms with Crippen LogP contribution in [0.25, 0.3) is 0 Å². The van der Waals surface area contributed by atoms with E-state index in [-0.39, 0.29) is 6.61 Å². The average molecular weight is 294 g/mol. The molecule has 1 atom stereocenters. The lowest BCUT2D eigenvalue weighted by atomic mass is 10.1. The van der Waals surface area contributed by atoms with Crippen LogP contribution in [0.3, 0.4) is 0 Å². The summed E-state index contributed by atoms with van der Waals surface area (Å²) in [5.74, 6) is 6.06. The molecule has 112 valence electrons. The minimum Gasteiger partial charge on any atom is -0.395 e. The van der Waals surface area contributed by atoms with Gasteiger partial charge in [-0.15, -0.1) is 11.3 Å². The molecule has 3 heteroatoms. The van der Waals surface area contributed by atoms with E-state index in [4.69, 9.17) is 9.84 Å². The summed E-state index contributed by atoms with van der Waals surface area (Å²) >= 11 is 1.69. The first-order valence-corrected chi connectivity index (χ1v) is 8.43. The summed E-state index contributed by atoms with van der Waals surface area (Å²) in [6.07, 6.45) is 7.14. The molecule has 20 heavy (non-hydrogen) atoms. The van der Waals surface area contributed by atoms with Gasteiger partial charge < -0.3 is 9.84 Å². The van der Waals surface area contributed by atoms with Crippen LogP contribution in [0.15, 0.2) is 11.4 Å². The predicted molar refractivity (Wildman–Crippen MR) is 85.9 cm³/mol. The number of thiophene rings is 1. The Labute approximate surface area is 127 Å². The molecule has 1 aromatic heterocycles. The van der Waals surface area contributed by atoms with E-state index in [1.54, 1.807) is 11.3 Å². The van der Waals surface area contributed by atoms with Crippen molar-refractivity contribution in [1.29, 1.82) is 0 Å². The summed E-state index contributed by atoms with van der Waals surface area (Å²) in [7, 11) is 0. The fourth-order valence-corrected chi connectivity index (χ4v) is 2.69. The minimum atomic E-state index is 0.123. The first-order valence-electron chi connectivity index (χ1n) is 7.55. The maximum atomic E-state index is 8.74. The molecule has 1 heterocycles. The zero-order valence-corrected chi connectivity index (χ0v) is 13.5. The first kappa shape index (κ1) is 17.2. The van der Waals surface area contributed by atoms with Crippen LogP contribution in [0.1, 0.15) is 62.8 Å². The summed E-state index contributed by atoms with van der Waals surface area (Å²) in [6, 6.07) is 2.03. The molecular formula is C17H26O2S. The molecule has 1 N–H and O–H groups in total. The van der Waals surface area contributed by atoms with Gasteiger partial charge in [0.1, 0.15) is 0 Å². The highest BCUT2D eigenvalue weighted by Gasteiger charge is 2.06. The minimum absolute atomic E-state index is 0.123. The van der Waals surface area contributed by atoms with E-state index in [1.165, 1.54) is 30.6 Å². The molecule has 0 saturated carbocycles. The van der Waals surface area contributed by atoms with E-state index in [1.807, 2.05) is 11.4 Å². The highest BCUT2D eigenvalue weighted by molar-refractivity contribution is 7.10. The van der Waals surface area contributed by atoms with Gasteiger partial charge >= 0.3 is 0 Å². The van der Waals surface area contributed by atoms with Gasteiger partial charge in [-0.05, 0) is 24.8 Å². The molecule has 1 unspecified atom stereocenters. The topological polar surface area (TPSA) is 29.5 Å². The maximum absolute atomic E-state index is 8.74. The normalized spacial score (nSPS) is 11.9. The second-order valence-electron chi connectivity index (χ2n) is 5.00. The van der Waals surface area contributed by atoms with Gasteiger partial charge in [-0.25, -0.2) is 0 Å². The lowest BCUT2D eigenvalue weighted by molar-refractivity contribution is 0.0474. The van der Waals surface area contributed by atoms with Crippen LogP contribution in [0.5, 0.6) is 0 Å². The number of aliphatic hydroxyl groups excluding tert-OH is 1. The summed E-state index contributed by atoms with van der Waals surface area (Å²) in [6.45, 7) is 5.15. The average Bonchev–Trinajstić information content (AvgIpc) is 2.89. The maximum Gasteiger partial charge on any atom is 0.0825 e. The molecule has 0 bridgehead atoms. The predicted octanol–water partition coefficient (Wildman–Crippen LogP) is 4.36. The molecule has 0 spiro atoms. The van der Waals surface area contributed by atoms with Crippen molar-refractivity contribution in [2.24, 2.45) is 0 Å². The second kappa shape index (κ2) is 10.9. The molecule has 0 saturated heterocycles. The summed E-state index contributed by atoms with van der Waals surface area (Å²) in [5, 5.41) is 10.8. The molecule has 0 aliphatic heterocycles. The Morgan fingerprint density at radius 2 is 2.20 bits per heavy atom. The lowest BCUT2D eigenvalue weighted by Crippen LogP contribution is -2.07. The second-order valence-corrected chi connectivity index (χ2v) is 6.00. The number of rotatable bonds is 9. The van der Waals surface area contributed by atoms with Crippen LogP contribution >= 0.6 is 11.3 Å². The zero-order chi connectivity index (χ0) is 14.6. The van der Waals surface area contributed by atoms with Crippen LogP contribution in [-0.4, -0.2) is 17.8 Å². The highest BCUT2D eigenvalue weighted by atomic mass is 32.1. The Balaban J connectivity index is 2.31. The van der Waals surface area contributed by atoms with Gasteiger partial charge in [0, 0.05) is 16.9 Å². The smallest absolute Gasteiger partial charge is 0.0825 e. The van der Waals surface area contributed by atoms with Crippen LogP contribution < -0.4 is 0 Å².